The number of aliphatic hydroxyl groups excluding tert-OH is 1. The number of hydrogen-bond acceptors (Lipinski definition) is 4. The predicted octanol–water partition coefficient (Wildman–Crippen LogP) is 0.333. The summed E-state index contributed by atoms with van der Waals surface area (Å²) in [6.45, 7) is 1.82. The quantitative estimate of drug-likeness (QED) is 0.628. The van der Waals surface area contributed by atoms with Gasteiger partial charge in [-0.15, -0.1) is 0 Å². The summed E-state index contributed by atoms with van der Waals surface area (Å²) in [7, 11) is 1.00. The van der Waals surface area contributed by atoms with Gasteiger partial charge in [0.2, 0.25) is 0 Å². The number of aryl methyl sites for hydroxylation is 1. The zero-order valence-electron chi connectivity index (χ0n) is 6.57. The van der Waals surface area contributed by atoms with Crippen molar-refractivity contribution < 1.29 is 14.4 Å². The monoisotopic (exact) mass is 157 g/mol. The molecule has 1 aromatic heterocycles. The van der Waals surface area contributed by atoms with Crippen LogP contribution in [0.3, 0.4) is 0 Å². The summed E-state index contributed by atoms with van der Waals surface area (Å²) >= 11 is 0. The Labute approximate surface area is 64.8 Å². The molecule has 1 aromatic rings. The van der Waals surface area contributed by atoms with E-state index in [1.54, 1.807) is 6.07 Å². The van der Waals surface area contributed by atoms with E-state index in [0.717, 1.165) is 19.1 Å². The third-order valence-electron chi connectivity index (χ3n) is 0.961. The van der Waals surface area contributed by atoms with Crippen molar-refractivity contribution in [1.29, 1.82) is 0 Å². The molecule has 4 nitrogen and oxygen atoms in total. The fourth-order valence-corrected chi connectivity index (χ4v) is 0.595. The Hall–Kier alpha value is -1.16. The largest absolute Gasteiger partial charge is 0.400 e. The number of nitrogens with zero attached hydrogens (tertiary/aromatic N) is 1. The minimum Gasteiger partial charge on any atom is -0.400 e. The van der Waals surface area contributed by atoms with Crippen LogP contribution in [0, 0.1) is 6.92 Å². The van der Waals surface area contributed by atoms with E-state index in [1.165, 1.54) is 0 Å². The van der Waals surface area contributed by atoms with Gasteiger partial charge < -0.3 is 14.4 Å². The van der Waals surface area contributed by atoms with Crippen LogP contribution in [0.5, 0.6) is 0 Å². The number of aliphatic hydroxyl groups is 1. The second kappa shape index (κ2) is 5.61. The minimum absolute atomic E-state index is 0.320. The first-order chi connectivity index (χ1) is 5.33. The van der Waals surface area contributed by atoms with E-state index in [1.807, 2.05) is 6.92 Å². The molecule has 0 radical (unpaired) electrons. The maximum Gasteiger partial charge on any atom is 0.144 e. The number of aldehydes is 1. The molecule has 0 atom stereocenters. The number of carbonyl (C=O) groups is 1. The van der Waals surface area contributed by atoms with Gasteiger partial charge in [0.15, 0.2) is 0 Å². The average Bonchev–Trinajstić information content (AvgIpc) is 2.41. The molecule has 0 fully saturated rings. The Bertz CT molecular complexity index is 207. The summed E-state index contributed by atoms with van der Waals surface area (Å²) < 4.78 is 4.72. The van der Waals surface area contributed by atoms with Crippen LogP contribution < -0.4 is 0 Å². The van der Waals surface area contributed by atoms with E-state index in [4.69, 9.17) is 9.63 Å². The van der Waals surface area contributed by atoms with Crippen LogP contribution in [-0.2, 0) is 11.2 Å². The van der Waals surface area contributed by atoms with E-state index in [9.17, 15) is 4.79 Å². The first-order valence-electron chi connectivity index (χ1n) is 3.13. The van der Waals surface area contributed by atoms with Crippen molar-refractivity contribution >= 4 is 6.29 Å². The van der Waals surface area contributed by atoms with Gasteiger partial charge in [0.1, 0.15) is 12.0 Å². The van der Waals surface area contributed by atoms with Crippen molar-refractivity contribution in [1.82, 2.24) is 5.16 Å². The molecule has 1 heterocycles. The second-order valence-corrected chi connectivity index (χ2v) is 1.81. The lowest BCUT2D eigenvalue weighted by atomic mass is 10.3. The van der Waals surface area contributed by atoms with Gasteiger partial charge in [-0.2, -0.15) is 0 Å². The van der Waals surface area contributed by atoms with Gasteiger partial charge in [0.25, 0.3) is 0 Å². The molecule has 0 amide bonds. The van der Waals surface area contributed by atoms with Gasteiger partial charge in [-0.3, -0.25) is 0 Å². The van der Waals surface area contributed by atoms with Crippen LogP contribution in [0.2, 0.25) is 0 Å². The van der Waals surface area contributed by atoms with Crippen molar-refractivity contribution in [2.75, 3.05) is 7.11 Å². The molecule has 1 rings (SSSR count). The summed E-state index contributed by atoms with van der Waals surface area (Å²) in [6.07, 6.45) is 1.11. The third kappa shape index (κ3) is 3.52. The summed E-state index contributed by atoms with van der Waals surface area (Å²) in [5.74, 6) is 0.627. The van der Waals surface area contributed by atoms with E-state index < -0.39 is 0 Å². The molecule has 0 aliphatic carbocycles. The topological polar surface area (TPSA) is 63.3 Å². The molecule has 0 aliphatic rings. The molecule has 0 unspecified atom stereocenters. The summed E-state index contributed by atoms with van der Waals surface area (Å²) in [5.41, 5.74) is 0.812. The Balaban J connectivity index is 0.000000461. The average molecular weight is 157 g/mol. The smallest absolute Gasteiger partial charge is 0.144 e. The summed E-state index contributed by atoms with van der Waals surface area (Å²) in [6, 6.07) is 1.74. The van der Waals surface area contributed by atoms with Crippen LogP contribution in [-0.4, -0.2) is 23.7 Å². The maximum absolute atomic E-state index is 9.90. The SMILES string of the molecule is CO.Cc1cc(CC=O)on1. The lowest BCUT2D eigenvalue weighted by Gasteiger charge is -1.76. The van der Waals surface area contributed by atoms with Crippen molar-refractivity contribution in [3.8, 4) is 0 Å². The fourth-order valence-electron chi connectivity index (χ4n) is 0.595. The third-order valence-corrected chi connectivity index (χ3v) is 0.961. The molecule has 0 saturated carbocycles. The molecular weight excluding hydrogens is 146 g/mol. The first-order valence-corrected chi connectivity index (χ1v) is 3.13. The van der Waals surface area contributed by atoms with E-state index in [2.05, 4.69) is 5.16 Å². The van der Waals surface area contributed by atoms with Gasteiger partial charge >= 0.3 is 0 Å². The van der Waals surface area contributed by atoms with Gasteiger partial charge in [0, 0.05) is 13.2 Å². The summed E-state index contributed by atoms with van der Waals surface area (Å²) in [4.78, 5) is 9.90. The minimum atomic E-state index is 0.320. The van der Waals surface area contributed by atoms with Crippen LogP contribution in [0.1, 0.15) is 11.5 Å². The van der Waals surface area contributed by atoms with Crippen LogP contribution in [0.25, 0.3) is 0 Å². The Kier molecular flexibility index (Phi) is 5.02. The predicted molar refractivity (Wildman–Crippen MR) is 39.2 cm³/mol. The van der Waals surface area contributed by atoms with Gasteiger partial charge in [-0.25, -0.2) is 0 Å². The molecule has 0 aliphatic heterocycles. The molecule has 0 saturated heterocycles. The van der Waals surface area contributed by atoms with E-state index in [-0.39, 0.29) is 0 Å². The lowest BCUT2D eigenvalue weighted by molar-refractivity contribution is -0.107. The number of hydrogen-bond donors (Lipinski definition) is 1. The zero-order valence-corrected chi connectivity index (χ0v) is 6.57. The first kappa shape index (κ1) is 9.84. The highest BCUT2D eigenvalue weighted by molar-refractivity contribution is 5.53. The van der Waals surface area contributed by atoms with Crippen molar-refractivity contribution in [2.24, 2.45) is 0 Å². The van der Waals surface area contributed by atoms with E-state index >= 15 is 0 Å². The second-order valence-electron chi connectivity index (χ2n) is 1.81. The van der Waals surface area contributed by atoms with Crippen molar-refractivity contribution in [3.63, 3.8) is 0 Å². The molecule has 0 aromatic carbocycles. The standard InChI is InChI=1S/C6H7NO2.CH4O/c1-5-4-6(2-3-8)9-7-5;1-2/h3-4H,2H2,1H3;2H,1H3. The number of carbonyl (C=O) groups excluding carboxylic acids is 1. The highest BCUT2D eigenvalue weighted by Gasteiger charge is 1.96. The molecule has 11 heavy (non-hydrogen) atoms. The highest BCUT2D eigenvalue weighted by Crippen LogP contribution is 2.00. The highest BCUT2D eigenvalue weighted by atomic mass is 16.5. The Morgan fingerprint density at radius 1 is 1.73 bits per heavy atom. The Morgan fingerprint density at radius 3 is 2.73 bits per heavy atom. The van der Waals surface area contributed by atoms with Crippen LogP contribution in [0.4, 0.5) is 0 Å². The van der Waals surface area contributed by atoms with Crippen LogP contribution in [0.15, 0.2) is 10.6 Å². The van der Waals surface area contributed by atoms with Crippen molar-refractivity contribution in [3.05, 3.63) is 17.5 Å². The van der Waals surface area contributed by atoms with Gasteiger partial charge in [-0.1, -0.05) is 5.16 Å². The van der Waals surface area contributed by atoms with Crippen LogP contribution >= 0.6 is 0 Å². The number of aromatic nitrogens is 1. The fraction of sp³-hybridized carbons (Fsp3) is 0.429. The lowest BCUT2D eigenvalue weighted by Crippen LogP contribution is -1.78. The molecule has 0 bridgehead atoms. The van der Waals surface area contributed by atoms with Crippen molar-refractivity contribution in [2.45, 2.75) is 13.3 Å². The summed E-state index contributed by atoms with van der Waals surface area (Å²) in [5, 5.41) is 10.6. The molecule has 62 valence electrons. The van der Waals surface area contributed by atoms with E-state index in [0.29, 0.717) is 12.2 Å². The molecular formula is C7H11NO3. The molecule has 0 spiro atoms. The Morgan fingerprint density at radius 2 is 2.36 bits per heavy atom. The zero-order chi connectivity index (χ0) is 8.69. The van der Waals surface area contributed by atoms with Gasteiger partial charge in [-0.05, 0) is 6.92 Å². The normalized spacial score (nSPS) is 8.27. The van der Waals surface area contributed by atoms with Gasteiger partial charge in [0.05, 0.1) is 12.1 Å². The molecule has 4 heteroatoms. The molecule has 1 N–H and O–H groups in total. The number of rotatable bonds is 2. The maximum atomic E-state index is 9.90.